The SMILES string of the molecule is CNc1ccc(-c2nc3cc(Cl)ccc3o2)cc1. The zero-order valence-electron chi connectivity index (χ0n) is 9.77. The van der Waals surface area contributed by atoms with Gasteiger partial charge in [-0.25, -0.2) is 4.98 Å². The molecule has 18 heavy (non-hydrogen) atoms. The molecule has 0 bridgehead atoms. The minimum atomic E-state index is 0.606. The van der Waals surface area contributed by atoms with Crippen LogP contribution < -0.4 is 5.32 Å². The Balaban J connectivity index is 2.07. The van der Waals surface area contributed by atoms with Crippen molar-refractivity contribution in [3.8, 4) is 11.5 Å². The fraction of sp³-hybridized carbons (Fsp3) is 0.0714. The van der Waals surface area contributed by atoms with Crippen molar-refractivity contribution < 1.29 is 4.42 Å². The van der Waals surface area contributed by atoms with Crippen LogP contribution in [0.15, 0.2) is 46.9 Å². The van der Waals surface area contributed by atoms with Crippen LogP contribution in [0.4, 0.5) is 5.69 Å². The van der Waals surface area contributed by atoms with Crippen LogP contribution >= 0.6 is 11.6 Å². The minimum Gasteiger partial charge on any atom is -0.436 e. The highest BCUT2D eigenvalue weighted by Crippen LogP contribution is 2.26. The van der Waals surface area contributed by atoms with E-state index in [2.05, 4.69) is 10.3 Å². The third-order valence-electron chi connectivity index (χ3n) is 2.77. The van der Waals surface area contributed by atoms with Crippen LogP contribution in [-0.2, 0) is 0 Å². The monoisotopic (exact) mass is 258 g/mol. The van der Waals surface area contributed by atoms with Gasteiger partial charge in [0.2, 0.25) is 5.89 Å². The molecule has 2 aromatic carbocycles. The van der Waals surface area contributed by atoms with Crippen molar-refractivity contribution in [2.45, 2.75) is 0 Å². The lowest BCUT2D eigenvalue weighted by molar-refractivity contribution is 0.620. The second-order valence-electron chi connectivity index (χ2n) is 3.96. The van der Waals surface area contributed by atoms with E-state index in [1.807, 2.05) is 37.4 Å². The molecular formula is C14H11ClN2O. The summed E-state index contributed by atoms with van der Waals surface area (Å²) in [4.78, 5) is 4.43. The maximum Gasteiger partial charge on any atom is 0.227 e. The number of nitrogens with zero attached hydrogens (tertiary/aromatic N) is 1. The van der Waals surface area contributed by atoms with Gasteiger partial charge in [0.1, 0.15) is 5.52 Å². The molecule has 0 saturated carbocycles. The Kier molecular flexibility index (Phi) is 2.68. The van der Waals surface area contributed by atoms with E-state index in [0.717, 1.165) is 22.4 Å². The van der Waals surface area contributed by atoms with Gasteiger partial charge >= 0.3 is 0 Å². The molecule has 3 nitrogen and oxygen atoms in total. The van der Waals surface area contributed by atoms with Crippen molar-refractivity contribution in [3.63, 3.8) is 0 Å². The first-order valence-corrected chi connectivity index (χ1v) is 5.98. The molecule has 0 atom stereocenters. The quantitative estimate of drug-likeness (QED) is 0.749. The van der Waals surface area contributed by atoms with Gasteiger partial charge in [-0.2, -0.15) is 0 Å². The van der Waals surface area contributed by atoms with Gasteiger partial charge in [-0.15, -0.1) is 0 Å². The number of hydrogen-bond donors (Lipinski definition) is 1. The molecule has 1 heterocycles. The van der Waals surface area contributed by atoms with E-state index in [0.29, 0.717) is 10.9 Å². The standard InChI is InChI=1S/C14H11ClN2O/c1-16-11-5-2-9(3-6-11)14-17-12-8-10(15)4-7-13(12)18-14/h2-8,16H,1H3. The smallest absolute Gasteiger partial charge is 0.227 e. The van der Waals surface area contributed by atoms with Crippen LogP contribution in [0.1, 0.15) is 0 Å². The Hall–Kier alpha value is -2.00. The average molecular weight is 259 g/mol. The molecule has 90 valence electrons. The topological polar surface area (TPSA) is 38.1 Å². The molecule has 0 amide bonds. The van der Waals surface area contributed by atoms with E-state index >= 15 is 0 Å². The zero-order valence-corrected chi connectivity index (χ0v) is 10.5. The summed E-state index contributed by atoms with van der Waals surface area (Å²) in [6, 6.07) is 13.3. The molecule has 0 aliphatic carbocycles. The first-order chi connectivity index (χ1) is 8.76. The zero-order chi connectivity index (χ0) is 12.5. The number of fused-ring (bicyclic) bond motifs is 1. The maximum atomic E-state index is 5.92. The van der Waals surface area contributed by atoms with Gasteiger partial charge in [-0.3, -0.25) is 0 Å². The first kappa shape index (κ1) is 11.1. The minimum absolute atomic E-state index is 0.606. The summed E-state index contributed by atoms with van der Waals surface area (Å²) in [5.74, 6) is 0.606. The molecule has 0 unspecified atom stereocenters. The molecule has 0 aliphatic rings. The van der Waals surface area contributed by atoms with E-state index in [1.165, 1.54) is 0 Å². The number of halogens is 1. The summed E-state index contributed by atoms with van der Waals surface area (Å²) in [5, 5.41) is 3.73. The molecule has 0 saturated heterocycles. The van der Waals surface area contributed by atoms with Gasteiger partial charge < -0.3 is 9.73 Å². The van der Waals surface area contributed by atoms with E-state index in [1.54, 1.807) is 12.1 Å². The van der Waals surface area contributed by atoms with Crippen molar-refractivity contribution in [3.05, 3.63) is 47.5 Å². The highest BCUT2D eigenvalue weighted by Gasteiger charge is 2.08. The first-order valence-electron chi connectivity index (χ1n) is 5.60. The molecule has 0 radical (unpaired) electrons. The lowest BCUT2D eigenvalue weighted by atomic mass is 10.2. The van der Waals surface area contributed by atoms with E-state index in [4.69, 9.17) is 16.0 Å². The van der Waals surface area contributed by atoms with Crippen molar-refractivity contribution in [1.29, 1.82) is 0 Å². The van der Waals surface area contributed by atoms with Gasteiger partial charge in [-0.05, 0) is 42.5 Å². The lowest BCUT2D eigenvalue weighted by Crippen LogP contribution is -1.86. The highest BCUT2D eigenvalue weighted by molar-refractivity contribution is 6.31. The maximum absolute atomic E-state index is 5.92. The van der Waals surface area contributed by atoms with Crippen molar-refractivity contribution >= 4 is 28.4 Å². The number of oxazole rings is 1. The van der Waals surface area contributed by atoms with Crippen molar-refractivity contribution in [2.24, 2.45) is 0 Å². The Morgan fingerprint density at radius 2 is 1.89 bits per heavy atom. The summed E-state index contributed by atoms with van der Waals surface area (Å²) in [5.41, 5.74) is 3.52. The summed E-state index contributed by atoms with van der Waals surface area (Å²) in [6.45, 7) is 0. The van der Waals surface area contributed by atoms with Crippen LogP contribution in [0.2, 0.25) is 5.02 Å². The molecule has 1 N–H and O–H groups in total. The van der Waals surface area contributed by atoms with Gasteiger partial charge in [0.15, 0.2) is 5.58 Å². The Morgan fingerprint density at radius 1 is 1.11 bits per heavy atom. The molecule has 4 heteroatoms. The number of anilines is 1. The van der Waals surface area contributed by atoms with E-state index in [9.17, 15) is 0 Å². The van der Waals surface area contributed by atoms with E-state index < -0.39 is 0 Å². The number of nitrogens with one attached hydrogen (secondary N) is 1. The number of aromatic nitrogens is 1. The van der Waals surface area contributed by atoms with Crippen molar-refractivity contribution in [1.82, 2.24) is 4.98 Å². The Bertz CT molecular complexity index is 689. The van der Waals surface area contributed by atoms with E-state index in [-0.39, 0.29) is 0 Å². The summed E-state index contributed by atoms with van der Waals surface area (Å²) < 4.78 is 5.69. The second-order valence-corrected chi connectivity index (χ2v) is 4.39. The Morgan fingerprint density at radius 3 is 2.61 bits per heavy atom. The Labute approximate surface area is 109 Å². The number of hydrogen-bond acceptors (Lipinski definition) is 3. The van der Waals surface area contributed by atoms with Gasteiger partial charge in [0.25, 0.3) is 0 Å². The van der Waals surface area contributed by atoms with Gasteiger partial charge in [0, 0.05) is 23.3 Å². The van der Waals surface area contributed by atoms with Crippen LogP contribution in [0.5, 0.6) is 0 Å². The average Bonchev–Trinajstić information content (AvgIpc) is 2.81. The van der Waals surface area contributed by atoms with Crippen LogP contribution in [0.25, 0.3) is 22.6 Å². The summed E-state index contributed by atoms with van der Waals surface area (Å²) >= 11 is 5.92. The summed E-state index contributed by atoms with van der Waals surface area (Å²) in [6.07, 6.45) is 0. The van der Waals surface area contributed by atoms with Crippen LogP contribution in [-0.4, -0.2) is 12.0 Å². The predicted molar refractivity (Wildman–Crippen MR) is 74.0 cm³/mol. The van der Waals surface area contributed by atoms with Crippen LogP contribution in [0.3, 0.4) is 0 Å². The number of benzene rings is 2. The summed E-state index contributed by atoms with van der Waals surface area (Å²) in [7, 11) is 1.89. The molecule has 3 aromatic rings. The van der Waals surface area contributed by atoms with Gasteiger partial charge in [0.05, 0.1) is 0 Å². The molecule has 0 fully saturated rings. The third kappa shape index (κ3) is 1.93. The lowest BCUT2D eigenvalue weighted by Gasteiger charge is -1.99. The third-order valence-corrected chi connectivity index (χ3v) is 3.01. The highest BCUT2D eigenvalue weighted by atomic mass is 35.5. The molecular weight excluding hydrogens is 248 g/mol. The molecule has 0 aliphatic heterocycles. The van der Waals surface area contributed by atoms with Crippen LogP contribution in [0, 0.1) is 0 Å². The molecule has 1 aromatic heterocycles. The predicted octanol–water partition coefficient (Wildman–Crippen LogP) is 4.19. The fourth-order valence-electron chi connectivity index (χ4n) is 1.80. The second kappa shape index (κ2) is 4.35. The molecule has 3 rings (SSSR count). The largest absolute Gasteiger partial charge is 0.436 e. The normalized spacial score (nSPS) is 10.8. The number of rotatable bonds is 2. The van der Waals surface area contributed by atoms with Crippen molar-refractivity contribution in [2.75, 3.05) is 12.4 Å². The van der Waals surface area contributed by atoms with Gasteiger partial charge in [-0.1, -0.05) is 11.6 Å². The molecule has 0 spiro atoms. The fourth-order valence-corrected chi connectivity index (χ4v) is 1.97.